The first-order chi connectivity index (χ1) is 15.9. The monoisotopic (exact) mass is 494 g/mol. The zero-order valence-electron chi connectivity index (χ0n) is 17.7. The summed E-state index contributed by atoms with van der Waals surface area (Å²) >= 11 is 7.04. The van der Waals surface area contributed by atoms with Crippen molar-refractivity contribution in [2.75, 3.05) is 36.5 Å². The number of anilines is 2. The zero-order valence-corrected chi connectivity index (χ0v) is 19.3. The molecule has 1 saturated carbocycles. The molecule has 1 aliphatic carbocycles. The summed E-state index contributed by atoms with van der Waals surface area (Å²) in [6.45, 7) is 0.715. The van der Waals surface area contributed by atoms with Gasteiger partial charge in [-0.05, 0) is 43.2 Å². The van der Waals surface area contributed by atoms with E-state index in [0.29, 0.717) is 28.1 Å². The molecule has 0 unspecified atom stereocenters. The number of thiophene rings is 1. The summed E-state index contributed by atoms with van der Waals surface area (Å²) in [5.41, 5.74) is 0.408. The van der Waals surface area contributed by atoms with Gasteiger partial charge in [0.1, 0.15) is 18.5 Å². The second kappa shape index (κ2) is 10.6. The van der Waals surface area contributed by atoms with Crippen LogP contribution in [0.3, 0.4) is 0 Å². The van der Waals surface area contributed by atoms with Gasteiger partial charge in [0.15, 0.2) is 0 Å². The highest BCUT2D eigenvalue weighted by Crippen LogP contribution is 2.24. The first-order valence-corrected chi connectivity index (χ1v) is 11.9. The van der Waals surface area contributed by atoms with Crippen molar-refractivity contribution >= 4 is 52.0 Å². The van der Waals surface area contributed by atoms with Crippen LogP contribution in [0.5, 0.6) is 0 Å². The number of morpholine rings is 1. The molecular weight excluding hydrogens is 471 g/mol. The smallest absolute Gasteiger partial charge is 0.261 e. The molecule has 1 saturated heterocycles. The minimum Gasteiger partial charge on any atom is -0.370 e. The fourth-order valence-electron chi connectivity index (χ4n) is 3.59. The Morgan fingerprint density at radius 2 is 2.09 bits per heavy atom. The minimum absolute atomic E-state index is 0.00114. The van der Waals surface area contributed by atoms with Crippen LogP contribution in [-0.4, -0.2) is 56.1 Å². The summed E-state index contributed by atoms with van der Waals surface area (Å²) in [6.07, 6.45) is 2.95. The van der Waals surface area contributed by atoms with E-state index in [9.17, 15) is 18.8 Å². The van der Waals surface area contributed by atoms with Gasteiger partial charge in [0.2, 0.25) is 5.91 Å². The van der Waals surface area contributed by atoms with E-state index in [1.54, 1.807) is 18.2 Å². The van der Waals surface area contributed by atoms with E-state index in [1.807, 2.05) is 0 Å². The fraction of sp³-hybridized carbons (Fsp3) is 0.409. The maximum atomic E-state index is 14.7. The standard InChI is InChI=1S/C22H24ClFN4O4S/c23-19-7-6-18(33-19)22(31)25-11-17(26-13-2-1-3-13)21(30)27-16-5-4-14(10-15(16)24)28-8-9-32-12-20(28)29/h4-7,10,13,17,26H,1-3,8-9,11-12H2,(H,25,31)(H,27,30)/t17-/m0/s1. The normalized spacial score (nSPS) is 17.4. The SMILES string of the molecule is O=C(NC[C@H](NC1CCC1)C(=O)Nc1ccc(N2CCOCC2=O)cc1F)c1ccc(Cl)s1. The first-order valence-electron chi connectivity index (χ1n) is 10.7. The van der Waals surface area contributed by atoms with E-state index >= 15 is 0 Å². The summed E-state index contributed by atoms with van der Waals surface area (Å²) in [5, 5.41) is 8.58. The van der Waals surface area contributed by atoms with Crippen LogP contribution in [0.4, 0.5) is 15.8 Å². The van der Waals surface area contributed by atoms with Gasteiger partial charge in [-0.15, -0.1) is 11.3 Å². The van der Waals surface area contributed by atoms with Crippen LogP contribution in [0.2, 0.25) is 4.34 Å². The third kappa shape index (κ3) is 5.89. The molecule has 0 radical (unpaired) electrons. The number of nitrogens with one attached hydrogen (secondary N) is 3. The number of benzene rings is 1. The number of ether oxygens (including phenoxy) is 1. The van der Waals surface area contributed by atoms with Gasteiger partial charge in [-0.25, -0.2) is 4.39 Å². The molecule has 1 aromatic carbocycles. The molecule has 3 amide bonds. The number of carbonyl (C=O) groups excluding carboxylic acids is 3. The van der Waals surface area contributed by atoms with Gasteiger partial charge in [0, 0.05) is 24.8 Å². The van der Waals surface area contributed by atoms with E-state index < -0.39 is 17.8 Å². The van der Waals surface area contributed by atoms with Crippen molar-refractivity contribution in [3.8, 4) is 0 Å². The van der Waals surface area contributed by atoms with Gasteiger partial charge in [0.25, 0.3) is 11.8 Å². The Balaban J connectivity index is 1.41. The lowest BCUT2D eigenvalue weighted by Gasteiger charge is -2.31. The van der Waals surface area contributed by atoms with Gasteiger partial charge in [-0.1, -0.05) is 18.0 Å². The second-order valence-corrected chi connectivity index (χ2v) is 9.63. The summed E-state index contributed by atoms with van der Waals surface area (Å²) < 4.78 is 20.3. The Morgan fingerprint density at radius 3 is 2.73 bits per heavy atom. The number of hydrogen-bond donors (Lipinski definition) is 3. The molecule has 2 heterocycles. The molecule has 2 fully saturated rings. The largest absolute Gasteiger partial charge is 0.370 e. The van der Waals surface area contributed by atoms with E-state index in [1.165, 1.54) is 17.0 Å². The molecule has 1 atom stereocenters. The third-order valence-corrected chi connectivity index (χ3v) is 6.86. The van der Waals surface area contributed by atoms with Crippen molar-refractivity contribution in [1.82, 2.24) is 10.6 Å². The summed E-state index contributed by atoms with van der Waals surface area (Å²) in [5.74, 6) is -1.68. The molecular formula is C22H24ClFN4O4S. The molecule has 8 nitrogen and oxygen atoms in total. The number of rotatable bonds is 8. The highest BCUT2D eigenvalue weighted by Gasteiger charge is 2.27. The first kappa shape index (κ1) is 23.6. The highest BCUT2D eigenvalue weighted by molar-refractivity contribution is 7.18. The number of halogens is 2. The molecule has 2 aliphatic rings. The van der Waals surface area contributed by atoms with E-state index in [4.69, 9.17) is 16.3 Å². The van der Waals surface area contributed by atoms with Crippen LogP contribution in [0.25, 0.3) is 0 Å². The molecule has 1 aromatic heterocycles. The molecule has 33 heavy (non-hydrogen) atoms. The number of carbonyl (C=O) groups is 3. The van der Waals surface area contributed by atoms with Crippen molar-refractivity contribution in [3.05, 3.63) is 45.4 Å². The lowest BCUT2D eigenvalue weighted by molar-refractivity contribution is -0.125. The van der Waals surface area contributed by atoms with Crippen LogP contribution < -0.4 is 20.9 Å². The van der Waals surface area contributed by atoms with Crippen molar-refractivity contribution in [2.45, 2.75) is 31.3 Å². The van der Waals surface area contributed by atoms with Gasteiger partial charge < -0.3 is 25.6 Å². The summed E-state index contributed by atoms with van der Waals surface area (Å²) in [6, 6.07) is 6.91. The Morgan fingerprint density at radius 1 is 1.27 bits per heavy atom. The second-order valence-electron chi connectivity index (χ2n) is 7.91. The van der Waals surface area contributed by atoms with Gasteiger partial charge >= 0.3 is 0 Å². The molecule has 11 heteroatoms. The molecule has 0 spiro atoms. The molecule has 0 bridgehead atoms. The van der Waals surface area contributed by atoms with Crippen molar-refractivity contribution < 1.29 is 23.5 Å². The van der Waals surface area contributed by atoms with E-state index in [2.05, 4.69) is 16.0 Å². The highest BCUT2D eigenvalue weighted by atomic mass is 35.5. The minimum atomic E-state index is -0.741. The summed E-state index contributed by atoms with van der Waals surface area (Å²) in [7, 11) is 0. The molecule has 1 aliphatic heterocycles. The quantitative estimate of drug-likeness (QED) is 0.524. The topological polar surface area (TPSA) is 99.8 Å². The number of nitrogens with zero attached hydrogens (tertiary/aromatic N) is 1. The average molecular weight is 495 g/mol. The lowest BCUT2D eigenvalue weighted by Crippen LogP contribution is -2.53. The Labute approximate surface area is 199 Å². The molecule has 3 N–H and O–H groups in total. The summed E-state index contributed by atoms with van der Waals surface area (Å²) in [4.78, 5) is 39.2. The third-order valence-electron chi connectivity index (χ3n) is 5.63. The van der Waals surface area contributed by atoms with Gasteiger partial charge in [-0.2, -0.15) is 0 Å². The number of hydrogen-bond acceptors (Lipinski definition) is 6. The predicted octanol–water partition coefficient (Wildman–Crippen LogP) is 2.78. The Bertz CT molecular complexity index is 1050. The predicted molar refractivity (Wildman–Crippen MR) is 124 cm³/mol. The average Bonchev–Trinajstić information content (AvgIpc) is 3.20. The molecule has 176 valence electrons. The zero-order chi connectivity index (χ0) is 23.4. The van der Waals surface area contributed by atoms with Crippen LogP contribution >= 0.6 is 22.9 Å². The lowest BCUT2D eigenvalue weighted by atomic mass is 9.92. The van der Waals surface area contributed by atoms with Crippen molar-refractivity contribution in [3.63, 3.8) is 0 Å². The Kier molecular flexibility index (Phi) is 7.59. The number of amides is 3. The van der Waals surface area contributed by atoms with Gasteiger partial charge in [0.05, 0.1) is 21.5 Å². The Hall–Kier alpha value is -2.53. The van der Waals surface area contributed by atoms with Crippen LogP contribution in [-0.2, 0) is 14.3 Å². The van der Waals surface area contributed by atoms with Crippen LogP contribution in [0.1, 0.15) is 28.9 Å². The van der Waals surface area contributed by atoms with Crippen molar-refractivity contribution in [1.29, 1.82) is 0 Å². The van der Waals surface area contributed by atoms with Crippen LogP contribution in [0.15, 0.2) is 30.3 Å². The molecule has 4 rings (SSSR count). The maximum absolute atomic E-state index is 14.7. The molecule has 2 aromatic rings. The van der Waals surface area contributed by atoms with Crippen LogP contribution in [0, 0.1) is 5.82 Å². The van der Waals surface area contributed by atoms with Crippen molar-refractivity contribution in [2.24, 2.45) is 0 Å². The maximum Gasteiger partial charge on any atom is 0.261 e. The van der Waals surface area contributed by atoms with Gasteiger partial charge in [-0.3, -0.25) is 14.4 Å². The van der Waals surface area contributed by atoms with E-state index in [0.717, 1.165) is 30.6 Å². The van der Waals surface area contributed by atoms with E-state index in [-0.39, 0.29) is 36.7 Å². The fourth-order valence-corrected chi connectivity index (χ4v) is 4.55.